The molecule has 7 heteroatoms. The van der Waals surface area contributed by atoms with Gasteiger partial charge in [-0.05, 0) is 6.07 Å². The first kappa shape index (κ1) is 10.3. The second-order valence-corrected chi connectivity index (χ2v) is 3.39. The van der Waals surface area contributed by atoms with Crippen LogP contribution in [-0.2, 0) is 17.9 Å². The van der Waals surface area contributed by atoms with Gasteiger partial charge in [0.2, 0.25) is 5.91 Å². The lowest BCUT2D eigenvalue weighted by molar-refractivity contribution is -0.131. The van der Waals surface area contributed by atoms with Gasteiger partial charge < -0.3 is 4.90 Å². The van der Waals surface area contributed by atoms with Gasteiger partial charge in [0.1, 0.15) is 18.7 Å². The number of carbonyl (C=O) groups excluding carboxylic acids is 1. The van der Waals surface area contributed by atoms with Crippen LogP contribution in [0.2, 0.25) is 0 Å². The fourth-order valence-corrected chi connectivity index (χ4v) is 1.27. The Bertz CT molecular complexity index is 435. The van der Waals surface area contributed by atoms with Crippen LogP contribution >= 0.6 is 0 Å². The van der Waals surface area contributed by atoms with Crippen molar-refractivity contribution in [3.8, 4) is 0 Å². The highest BCUT2D eigenvalue weighted by Gasteiger charge is 2.11. The van der Waals surface area contributed by atoms with Crippen LogP contribution in [0.25, 0.3) is 0 Å². The summed E-state index contributed by atoms with van der Waals surface area (Å²) in [6.45, 7) is 0.651. The molecule has 0 saturated carbocycles. The van der Waals surface area contributed by atoms with E-state index in [1.54, 1.807) is 35.1 Å². The average molecular weight is 220 g/mol. The molecule has 2 heterocycles. The second-order valence-electron chi connectivity index (χ2n) is 3.39. The van der Waals surface area contributed by atoms with E-state index in [1.165, 1.54) is 6.33 Å². The molecule has 7 nitrogen and oxygen atoms in total. The topological polar surface area (TPSA) is 79.7 Å². The Kier molecular flexibility index (Phi) is 2.95. The van der Waals surface area contributed by atoms with Crippen molar-refractivity contribution in [1.82, 2.24) is 29.9 Å². The van der Waals surface area contributed by atoms with Gasteiger partial charge in [0.15, 0.2) is 0 Å². The van der Waals surface area contributed by atoms with Crippen molar-refractivity contribution in [3.05, 3.63) is 30.6 Å². The largest absolute Gasteiger partial charge is 0.337 e. The first-order chi connectivity index (χ1) is 7.75. The predicted molar refractivity (Wildman–Crippen MR) is 55.1 cm³/mol. The zero-order valence-electron chi connectivity index (χ0n) is 8.87. The third-order valence-corrected chi connectivity index (χ3v) is 2.13. The van der Waals surface area contributed by atoms with Crippen molar-refractivity contribution >= 4 is 5.91 Å². The van der Waals surface area contributed by atoms with E-state index in [1.807, 2.05) is 0 Å². The van der Waals surface area contributed by atoms with E-state index in [4.69, 9.17) is 0 Å². The van der Waals surface area contributed by atoms with Gasteiger partial charge in [-0.25, -0.2) is 4.98 Å². The fourth-order valence-electron chi connectivity index (χ4n) is 1.27. The summed E-state index contributed by atoms with van der Waals surface area (Å²) >= 11 is 0. The molecule has 2 aromatic rings. The third kappa shape index (κ3) is 2.44. The van der Waals surface area contributed by atoms with Gasteiger partial charge in [-0.1, -0.05) is 0 Å². The molecule has 0 aliphatic heterocycles. The number of hydrogen-bond acceptors (Lipinski definition) is 4. The number of aromatic amines is 1. The Morgan fingerprint density at radius 1 is 1.62 bits per heavy atom. The number of likely N-dealkylation sites (N-methyl/N-ethyl adjacent to an activating group) is 1. The summed E-state index contributed by atoms with van der Waals surface area (Å²) < 4.78 is 1.58. The summed E-state index contributed by atoms with van der Waals surface area (Å²) in [4.78, 5) is 17.3. The number of nitrogens with zero attached hydrogens (tertiary/aromatic N) is 5. The quantitative estimate of drug-likeness (QED) is 0.764. The summed E-state index contributed by atoms with van der Waals surface area (Å²) in [7, 11) is 1.72. The zero-order chi connectivity index (χ0) is 11.4. The maximum absolute atomic E-state index is 11.7. The zero-order valence-corrected chi connectivity index (χ0v) is 8.87. The van der Waals surface area contributed by atoms with Gasteiger partial charge in [0, 0.05) is 19.4 Å². The summed E-state index contributed by atoms with van der Waals surface area (Å²) in [6, 6.07) is 1.78. The van der Waals surface area contributed by atoms with E-state index in [0.29, 0.717) is 12.4 Å². The van der Waals surface area contributed by atoms with Gasteiger partial charge in [-0.3, -0.25) is 14.6 Å². The minimum Gasteiger partial charge on any atom is -0.337 e. The van der Waals surface area contributed by atoms with Crippen LogP contribution in [-0.4, -0.2) is 42.8 Å². The van der Waals surface area contributed by atoms with E-state index in [-0.39, 0.29) is 12.5 Å². The number of rotatable bonds is 4. The molecule has 84 valence electrons. The Morgan fingerprint density at radius 3 is 3.12 bits per heavy atom. The van der Waals surface area contributed by atoms with Crippen molar-refractivity contribution in [1.29, 1.82) is 0 Å². The lowest BCUT2D eigenvalue weighted by Gasteiger charge is -2.15. The molecule has 2 rings (SSSR count). The number of aromatic nitrogens is 5. The molecule has 0 spiro atoms. The number of H-pyrrole nitrogens is 1. The van der Waals surface area contributed by atoms with E-state index < -0.39 is 0 Å². The number of nitrogens with one attached hydrogen (secondary N) is 1. The minimum absolute atomic E-state index is 0.0277. The Hall–Kier alpha value is -2.18. The summed E-state index contributed by atoms with van der Waals surface area (Å²) in [5.74, 6) is 0.636. The van der Waals surface area contributed by atoms with E-state index in [2.05, 4.69) is 20.3 Å². The number of carbonyl (C=O) groups is 1. The van der Waals surface area contributed by atoms with Crippen LogP contribution in [0.3, 0.4) is 0 Å². The molecule has 0 aliphatic rings. The first-order valence-electron chi connectivity index (χ1n) is 4.81. The molecule has 0 fully saturated rings. The Morgan fingerprint density at radius 2 is 2.50 bits per heavy atom. The van der Waals surface area contributed by atoms with E-state index >= 15 is 0 Å². The van der Waals surface area contributed by atoms with Crippen LogP contribution in [0.1, 0.15) is 5.82 Å². The van der Waals surface area contributed by atoms with Gasteiger partial charge in [-0.2, -0.15) is 10.2 Å². The maximum Gasteiger partial charge on any atom is 0.244 e. The highest BCUT2D eigenvalue weighted by molar-refractivity contribution is 5.75. The van der Waals surface area contributed by atoms with Gasteiger partial charge in [0.25, 0.3) is 0 Å². The number of hydrogen-bond donors (Lipinski definition) is 1. The van der Waals surface area contributed by atoms with Crippen molar-refractivity contribution in [2.24, 2.45) is 0 Å². The average Bonchev–Trinajstić information content (AvgIpc) is 2.90. The Balaban J connectivity index is 1.90. The van der Waals surface area contributed by atoms with Gasteiger partial charge in [0.05, 0.1) is 6.54 Å². The summed E-state index contributed by atoms with van der Waals surface area (Å²) in [5, 5.41) is 10.4. The molecule has 0 bridgehead atoms. The molecule has 1 amide bonds. The maximum atomic E-state index is 11.7. The molecule has 0 radical (unpaired) electrons. The molecule has 0 atom stereocenters. The lowest BCUT2D eigenvalue weighted by atomic mass is 10.4. The monoisotopic (exact) mass is 220 g/mol. The first-order valence-corrected chi connectivity index (χ1v) is 4.81. The molecular formula is C9H12N6O. The van der Waals surface area contributed by atoms with Crippen LogP contribution in [0.5, 0.6) is 0 Å². The molecule has 1 N–H and O–H groups in total. The van der Waals surface area contributed by atoms with E-state index in [9.17, 15) is 4.79 Å². The molecular weight excluding hydrogens is 208 g/mol. The number of amides is 1. The molecule has 0 aromatic carbocycles. The molecule has 16 heavy (non-hydrogen) atoms. The van der Waals surface area contributed by atoms with E-state index in [0.717, 1.165) is 0 Å². The highest BCUT2D eigenvalue weighted by Crippen LogP contribution is 1.96. The van der Waals surface area contributed by atoms with Crippen molar-refractivity contribution in [2.75, 3.05) is 7.05 Å². The highest BCUT2D eigenvalue weighted by atomic mass is 16.2. The summed E-state index contributed by atoms with van der Waals surface area (Å²) in [5.41, 5.74) is 0. The van der Waals surface area contributed by atoms with Crippen LogP contribution in [0, 0.1) is 0 Å². The van der Waals surface area contributed by atoms with Crippen LogP contribution in [0.15, 0.2) is 24.8 Å². The molecule has 2 aromatic heterocycles. The van der Waals surface area contributed by atoms with Crippen LogP contribution in [0.4, 0.5) is 0 Å². The molecule has 0 unspecified atom stereocenters. The molecule has 0 aliphatic carbocycles. The molecule has 0 saturated heterocycles. The van der Waals surface area contributed by atoms with Gasteiger partial charge >= 0.3 is 0 Å². The standard InChI is InChI=1S/C9H12N6O/c1-14(5-8-10-7-11-13-8)9(16)6-15-4-2-3-12-15/h2-4,7H,5-6H2,1H3,(H,10,11,13). The van der Waals surface area contributed by atoms with Crippen molar-refractivity contribution in [3.63, 3.8) is 0 Å². The minimum atomic E-state index is -0.0277. The van der Waals surface area contributed by atoms with Crippen molar-refractivity contribution in [2.45, 2.75) is 13.1 Å². The second kappa shape index (κ2) is 4.56. The smallest absolute Gasteiger partial charge is 0.244 e. The SMILES string of the molecule is CN(Cc1ncn[nH]1)C(=O)Cn1cccn1. The van der Waals surface area contributed by atoms with Gasteiger partial charge in [-0.15, -0.1) is 0 Å². The predicted octanol–water partition coefficient (Wildman–Crippen LogP) is -0.340. The third-order valence-electron chi connectivity index (χ3n) is 2.13. The normalized spacial score (nSPS) is 10.3. The Labute approximate surface area is 92.1 Å². The lowest BCUT2D eigenvalue weighted by Crippen LogP contribution is -2.30. The fraction of sp³-hybridized carbons (Fsp3) is 0.333. The summed E-state index contributed by atoms with van der Waals surface area (Å²) in [6.07, 6.45) is 4.81. The van der Waals surface area contributed by atoms with Crippen molar-refractivity contribution < 1.29 is 4.79 Å². The van der Waals surface area contributed by atoms with Crippen LogP contribution < -0.4 is 0 Å².